The maximum atomic E-state index is 10.7. The van der Waals surface area contributed by atoms with E-state index >= 15 is 0 Å². The summed E-state index contributed by atoms with van der Waals surface area (Å²) >= 11 is 0. The van der Waals surface area contributed by atoms with E-state index in [1.807, 2.05) is 30.3 Å². The molecule has 1 atom stereocenters. The van der Waals surface area contributed by atoms with Crippen molar-refractivity contribution in [1.82, 2.24) is 0 Å². The van der Waals surface area contributed by atoms with Gasteiger partial charge in [0, 0.05) is 6.92 Å². The quantitative estimate of drug-likeness (QED) is 0.545. The Hall–Kier alpha value is -1.64. The Balaban J connectivity index is 2.28. The molecule has 0 heterocycles. The van der Waals surface area contributed by atoms with Gasteiger partial charge in [-0.2, -0.15) is 0 Å². The minimum absolute atomic E-state index is 0.406. The molecule has 16 heavy (non-hydrogen) atoms. The van der Waals surface area contributed by atoms with Gasteiger partial charge in [-0.3, -0.25) is 9.59 Å². The number of rotatable bonds is 6. The average molecular weight is 220 g/mol. The zero-order chi connectivity index (χ0) is 11.8. The van der Waals surface area contributed by atoms with E-state index in [0.717, 1.165) is 12.8 Å². The van der Waals surface area contributed by atoms with Gasteiger partial charge in [-0.05, 0) is 24.8 Å². The van der Waals surface area contributed by atoms with Crippen LogP contribution in [0, 0.1) is 0 Å². The van der Waals surface area contributed by atoms with Crippen LogP contribution in [0.25, 0.3) is 0 Å². The van der Waals surface area contributed by atoms with Crippen LogP contribution < -0.4 is 0 Å². The molecule has 0 spiro atoms. The van der Waals surface area contributed by atoms with Gasteiger partial charge in [-0.1, -0.05) is 30.3 Å². The second kappa shape index (κ2) is 6.77. The van der Waals surface area contributed by atoms with Gasteiger partial charge in [0.1, 0.15) is 0 Å². The zero-order valence-corrected chi connectivity index (χ0v) is 9.39. The maximum Gasteiger partial charge on any atom is 0.303 e. The van der Waals surface area contributed by atoms with Crippen molar-refractivity contribution in [2.24, 2.45) is 0 Å². The number of hydrogen-bond donors (Lipinski definition) is 0. The van der Waals surface area contributed by atoms with Gasteiger partial charge in [0.25, 0.3) is 0 Å². The normalized spacial score (nSPS) is 11.8. The lowest BCUT2D eigenvalue weighted by atomic mass is 10.1. The monoisotopic (exact) mass is 220 g/mol. The minimum atomic E-state index is -0.596. The molecule has 0 radical (unpaired) electrons. The number of carbonyl (C=O) groups is 2. The van der Waals surface area contributed by atoms with Crippen molar-refractivity contribution in [3.63, 3.8) is 0 Å². The highest BCUT2D eigenvalue weighted by molar-refractivity contribution is 5.69. The van der Waals surface area contributed by atoms with Crippen LogP contribution in [0.2, 0.25) is 0 Å². The molecule has 0 bridgehead atoms. The van der Waals surface area contributed by atoms with Crippen LogP contribution in [0.5, 0.6) is 0 Å². The third kappa shape index (κ3) is 4.73. The number of aryl methyl sites for hydroxylation is 1. The Bertz CT molecular complexity index is 332. The molecule has 3 nitrogen and oxygen atoms in total. The van der Waals surface area contributed by atoms with Gasteiger partial charge < -0.3 is 4.74 Å². The molecule has 0 saturated heterocycles. The van der Waals surface area contributed by atoms with E-state index in [2.05, 4.69) is 0 Å². The van der Waals surface area contributed by atoms with E-state index in [-0.39, 0.29) is 0 Å². The first kappa shape index (κ1) is 12.4. The first-order valence-corrected chi connectivity index (χ1v) is 5.39. The Morgan fingerprint density at radius 2 is 2.06 bits per heavy atom. The van der Waals surface area contributed by atoms with Gasteiger partial charge >= 0.3 is 5.97 Å². The minimum Gasteiger partial charge on any atom is -0.455 e. The summed E-state index contributed by atoms with van der Waals surface area (Å²) in [7, 11) is 0. The predicted octanol–water partition coefficient (Wildman–Crippen LogP) is 2.14. The number of carbonyl (C=O) groups excluding carboxylic acids is 2. The zero-order valence-electron chi connectivity index (χ0n) is 9.39. The smallest absolute Gasteiger partial charge is 0.303 e. The van der Waals surface area contributed by atoms with E-state index in [1.54, 1.807) is 0 Å². The van der Waals surface area contributed by atoms with Gasteiger partial charge in [-0.15, -0.1) is 0 Å². The van der Waals surface area contributed by atoms with Crippen LogP contribution in [-0.2, 0) is 20.7 Å². The second-order valence-electron chi connectivity index (χ2n) is 3.66. The van der Waals surface area contributed by atoms with Gasteiger partial charge in [-0.25, -0.2) is 0 Å². The van der Waals surface area contributed by atoms with Crippen molar-refractivity contribution in [3.8, 4) is 0 Å². The Morgan fingerprint density at radius 3 is 2.62 bits per heavy atom. The Morgan fingerprint density at radius 1 is 1.38 bits per heavy atom. The lowest BCUT2D eigenvalue weighted by Crippen LogP contribution is -2.17. The van der Waals surface area contributed by atoms with E-state index in [4.69, 9.17) is 4.74 Å². The van der Waals surface area contributed by atoms with Crippen LogP contribution in [0.15, 0.2) is 30.3 Å². The lowest BCUT2D eigenvalue weighted by Gasteiger charge is -2.09. The highest BCUT2D eigenvalue weighted by Gasteiger charge is 2.09. The van der Waals surface area contributed by atoms with Crippen molar-refractivity contribution in [1.29, 1.82) is 0 Å². The van der Waals surface area contributed by atoms with Crippen molar-refractivity contribution in [2.75, 3.05) is 0 Å². The van der Waals surface area contributed by atoms with Crippen molar-refractivity contribution in [2.45, 2.75) is 32.3 Å². The molecule has 3 heteroatoms. The number of esters is 1. The fraction of sp³-hybridized carbons (Fsp3) is 0.385. The maximum absolute atomic E-state index is 10.7. The first-order chi connectivity index (χ1) is 7.72. The molecule has 0 aliphatic rings. The second-order valence-corrected chi connectivity index (χ2v) is 3.66. The molecule has 0 aliphatic carbocycles. The highest BCUT2D eigenvalue weighted by atomic mass is 16.5. The molecule has 0 aromatic heterocycles. The summed E-state index contributed by atoms with van der Waals surface area (Å²) in [6.45, 7) is 1.31. The molecule has 1 aromatic rings. The first-order valence-electron chi connectivity index (χ1n) is 5.39. The van der Waals surface area contributed by atoms with Crippen molar-refractivity contribution < 1.29 is 14.3 Å². The largest absolute Gasteiger partial charge is 0.455 e. The third-order valence-corrected chi connectivity index (χ3v) is 2.27. The fourth-order valence-electron chi connectivity index (χ4n) is 1.52. The molecular formula is C13H16O3. The molecule has 1 rings (SSSR count). The summed E-state index contributed by atoms with van der Waals surface area (Å²) in [5.41, 5.74) is 1.23. The molecule has 0 aliphatic heterocycles. The summed E-state index contributed by atoms with van der Waals surface area (Å²) in [6.07, 6.45) is 2.40. The van der Waals surface area contributed by atoms with Gasteiger partial charge in [0.2, 0.25) is 0 Å². The Labute approximate surface area is 95.4 Å². The SMILES string of the molecule is CC(=O)O[C@H](C=O)CCCc1ccccc1. The molecular weight excluding hydrogens is 204 g/mol. The third-order valence-electron chi connectivity index (χ3n) is 2.27. The van der Waals surface area contributed by atoms with Crippen molar-refractivity contribution >= 4 is 12.3 Å². The van der Waals surface area contributed by atoms with Crippen molar-refractivity contribution in [3.05, 3.63) is 35.9 Å². The number of aldehydes is 1. The van der Waals surface area contributed by atoms with E-state index in [0.29, 0.717) is 12.7 Å². The van der Waals surface area contributed by atoms with Crippen LogP contribution in [0.4, 0.5) is 0 Å². The molecule has 1 aromatic carbocycles. The van der Waals surface area contributed by atoms with Crippen LogP contribution in [0.3, 0.4) is 0 Å². The molecule has 0 N–H and O–H groups in total. The highest BCUT2D eigenvalue weighted by Crippen LogP contribution is 2.07. The molecule has 0 amide bonds. The predicted molar refractivity (Wildman–Crippen MR) is 61.0 cm³/mol. The summed E-state index contributed by atoms with van der Waals surface area (Å²) in [4.78, 5) is 21.3. The van der Waals surface area contributed by atoms with Crippen LogP contribution >= 0.6 is 0 Å². The lowest BCUT2D eigenvalue weighted by molar-refractivity contribution is -0.149. The van der Waals surface area contributed by atoms with Crippen LogP contribution in [0.1, 0.15) is 25.3 Å². The fourth-order valence-corrected chi connectivity index (χ4v) is 1.52. The number of ether oxygens (including phenoxy) is 1. The Kier molecular flexibility index (Phi) is 5.26. The van der Waals surface area contributed by atoms with Crippen LogP contribution in [-0.4, -0.2) is 18.4 Å². The van der Waals surface area contributed by atoms with Gasteiger partial charge in [0.05, 0.1) is 0 Å². The summed E-state index contributed by atoms with van der Waals surface area (Å²) in [5.74, 6) is -0.406. The molecule has 0 unspecified atom stereocenters. The standard InChI is InChI=1S/C13H16O3/c1-11(15)16-13(10-14)9-5-8-12-6-3-2-4-7-12/h2-4,6-7,10,13H,5,8-9H2,1H3/t13-/m0/s1. The molecule has 0 saturated carbocycles. The number of benzene rings is 1. The van der Waals surface area contributed by atoms with E-state index in [1.165, 1.54) is 12.5 Å². The molecule has 86 valence electrons. The average Bonchev–Trinajstić information content (AvgIpc) is 2.28. The van der Waals surface area contributed by atoms with E-state index in [9.17, 15) is 9.59 Å². The summed E-state index contributed by atoms with van der Waals surface area (Å²) in [5, 5.41) is 0. The van der Waals surface area contributed by atoms with Gasteiger partial charge in [0.15, 0.2) is 12.4 Å². The summed E-state index contributed by atoms with van der Waals surface area (Å²) < 4.78 is 4.83. The summed E-state index contributed by atoms with van der Waals surface area (Å²) in [6, 6.07) is 10.0. The van der Waals surface area contributed by atoms with E-state index < -0.39 is 12.1 Å². The topological polar surface area (TPSA) is 43.4 Å². The molecule has 0 fully saturated rings. The number of hydrogen-bond acceptors (Lipinski definition) is 3.